The molecule has 0 aliphatic heterocycles. The first-order valence-corrected chi connectivity index (χ1v) is 9.31. The molecule has 0 radical (unpaired) electrons. The van der Waals surface area contributed by atoms with Crippen LogP contribution in [-0.4, -0.2) is 30.6 Å². The zero-order valence-corrected chi connectivity index (χ0v) is 16.6. The molecule has 1 N–H and O–H groups in total. The van der Waals surface area contributed by atoms with Gasteiger partial charge in [0.15, 0.2) is 0 Å². The topological polar surface area (TPSA) is 90.8 Å². The summed E-state index contributed by atoms with van der Waals surface area (Å²) >= 11 is 0. The quantitative estimate of drug-likeness (QED) is 0.547. The van der Waals surface area contributed by atoms with E-state index in [1.807, 2.05) is 43.9 Å². The average molecular weight is 390 g/mol. The number of rotatable bonds is 6. The molecular formula is C21H22N6O2. The summed E-state index contributed by atoms with van der Waals surface area (Å²) in [6.07, 6.45) is 3.49. The van der Waals surface area contributed by atoms with Crippen molar-refractivity contribution < 1.29 is 9.32 Å². The Labute approximate surface area is 168 Å². The van der Waals surface area contributed by atoms with E-state index >= 15 is 0 Å². The van der Waals surface area contributed by atoms with Crippen LogP contribution in [0.5, 0.6) is 0 Å². The first kappa shape index (κ1) is 18.7. The van der Waals surface area contributed by atoms with Crippen LogP contribution in [0, 0.1) is 13.8 Å². The van der Waals surface area contributed by atoms with Crippen molar-refractivity contribution in [3.8, 4) is 11.3 Å². The Hall–Kier alpha value is -3.68. The Morgan fingerprint density at radius 1 is 1.17 bits per heavy atom. The Morgan fingerprint density at radius 2 is 2.00 bits per heavy atom. The Balaban J connectivity index is 1.39. The highest BCUT2D eigenvalue weighted by Gasteiger charge is 2.14. The van der Waals surface area contributed by atoms with E-state index in [1.165, 1.54) is 0 Å². The van der Waals surface area contributed by atoms with Crippen LogP contribution < -0.4 is 5.32 Å². The van der Waals surface area contributed by atoms with Crippen LogP contribution in [0.3, 0.4) is 0 Å². The molecule has 0 aliphatic rings. The van der Waals surface area contributed by atoms with Crippen molar-refractivity contribution in [2.45, 2.75) is 26.9 Å². The van der Waals surface area contributed by atoms with Crippen LogP contribution in [0.15, 0.2) is 53.3 Å². The molecule has 1 aromatic carbocycles. The Morgan fingerprint density at radius 3 is 2.72 bits per heavy atom. The van der Waals surface area contributed by atoms with E-state index in [-0.39, 0.29) is 11.7 Å². The van der Waals surface area contributed by atoms with Gasteiger partial charge in [-0.1, -0.05) is 29.4 Å². The summed E-state index contributed by atoms with van der Waals surface area (Å²) in [4.78, 5) is 12.4. The number of aromatic nitrogens is 5. The number of hydrogen-bond donors (Lipinski definition) is 1. The van der Waals surface area contributed by atoms with Gasteiger partial charge in [0.1, 0.15) is 5.69 Å². The molecule has 0 bridgehead atoms. The molecular weight excluding hydrogens is 368 g/mol. The van der Waals surface area contributed by atoms with Crippen LogP contribution in [0.1, 0.15) is 33.1 Å². The minimum absolute atomic E-state index is 0.169. The van der Waals surface area contributed by atoms with Crippen molar-refractivity contribution in [1.82, 2.24) is 30.0 Å². The lowest BCUT2D eigenvalue weighted by Crippen LogP contribution is -2.22. The minimum atomic E-state index is -0.309. The van der Waals surface area contributed by atoms with Crippen molar-refractivity contribution in [3.05, 3.63) is 77.1 Å². The van der Waals surface area contributed by atoms with E-state index in [2.05, 4.69) is 38.9 Å². The normalized spacial score (nSPS) is 11.0. The van der Waals surface area contributed by atoms with Crippen LogP contribution in [0.25, 0.3) is 11.3 Å². The van der Waals surface area contributed by atoms with Crippen LogP contribution >= 0.6 is 0 Å². The van der Waals surface area contributed by atoms with E-state index < -0.39 is 0 Å². The molecule has 1 amide bonds. The SMILES string of the molecule is Cc1cc(C)n(Cc2cccc(CNC(=O)c3cc(-c4cnn(C)c4)no3)c2)n1. The molecule has 8 nitrogen and oxygen atoms in total. The standard InChI is InChI=1S/C21H22N6O2/c1-14-7-15(2)27(24-14)12-17-6-4-5-16(8-17)10-22-21(28)20-9-19(25-29-20)18-11-23-26(3)13-18/h4-9,11,13H,10,12H2,1-3H3,(H,22,28). The summed E-state index contributed by atoms with van der Waals surface area (Å²) in [6.45, 7) is 5.12. The fraction of sp³-hybridized carbons (Fsp3) is 0.238. The van der Waals surface area contributed by atoms with Crippen molar-refractivity contribution in [3.63, 3.8) is 0 Å². The molecule has 3 heterocycles. The number of aryl methyl sites for hydroxylation is 3. The van der Waals surface area contributed by atoms with Crippen LogP contribution in [-0.2, 0) is 20.1 Å². The maximum Gasteiger partial charge on any atom is 0.290 e. The summed E-state index contributed by atoms with van der Waals surface area (Å²) in [6, 6.07) is 11.8. The van der Waals surface area contributed by atoms with Gasteiger partial charge in [-0.05, 0) is 31.0 Å². The summed E-state index contributed by atoms with van der Waals surface area (Å²) < 4.78 is 8.83. The number of nitrogens with one attached hydrogen (secondary N) is 1. The molecule has 0 saturated heterocycles. The summed E-state index contributed by atoms with van der Waals surface area (Å²) in [5.41, 5.74) is 5.63. The van der Waals surface area contributed by atoms with E-state index in [0.717, 1.165) is 28.1 Å². The summed E-state index contributed by atoms with van der Waals surface area (Å²) in [7, 11) is 1.82. The highest BCUT2D eigenvalue weighted by atomic mass is 16.5. The van der Waals surface area contributed by atoms with Crippen LogP contribution in [0.4, 0.5) is 0 Å². The van der Waals surface area contributed by atoms with Crippen molar-refractivity contribution >= 4 is 5.91 Å². The molecule has 0 atom stereocenters. The minimum Gasteiger partial charge on any atom is -0.350 e. The number of hydrogen-bond acceptors (Lipinski definition) is 5. The second-order valence-electron chi connectivity index (χ2n) is 7.07. The van der Waals surface area contributed by atoms with Crippen molar-refractivity contribution in [2.24, 2.45) is 7.05 Å². The zero-order valence-electron chi connectivity index (χ0n) is 16.6. The molecule has 8 heteroatoms. The summed E-state index contributed by atoms with van der Waals surface area (Å²) in [5.74, 6) is -0.140. The largest absolute Gasteiger partial charge is 0.350 e. The van der Waals surface area contributed by atoms with E-state index in [0.29, 0.717) is 18.8 Å². The van der Waals surface area contributed by atoms with Gasteiger partial charge in [0, 0.05) is 37.1 Å². The van der Waals surface area contributed by atoms with E-state index in [9.17, 15) is 4.79 Å². The third-order valence-corrected chi connectivity index (χ3v) is 4.61. The fourth-order valence-electron chi connectivity index (χ4n) is 3.19. The number of amides is 1. The number of nitrogens with zero attached hydrogens (tertiary/aromatic N) is 5. The number of carbonyl (C=O) groups excluding carboxylic acids is 1. The first-order chi connectivity index (χ1) is 14.0. The summed E-state index contributed by atoms with van der Waals surface area (Å²) in [5, 5.41) is 15.4. The van der Waals surface area contributed by atoms with Gasteiger partial charge in [0.25, 0.3) is 5.91 Å². The maximum absolute atomic E-state index is 12.4. The fourth-order valence-corrected chi connectivity index (χ4v) is 3.19. The molecule has 0 aliphatic carbocycles. The lowest BCUT2D eigenvalue weighted by molar-refractivity contribution is 0.0914. The predicted molar refractivity (Wildman–Crippen MR) is 107 cm³/mol. The number of benzene rings is 1. The van der Waals surface area contributed by atoms with Gasteiger partial charge in [-0.2, -0.15) is 10.2 Å². The van der Waals surface area contributed by atoms with Crippen molar-refractivity contribution in [2.75, 3.05) is 0 Å². The van der Waals surface area contributed by atoms with Gasteiger partial charge >= 0.3 is 0 Å². The maximum atomic E-state index is 12.4. The molecule has 0 fully saturated rings. The van der Waals surface area contributed by atoms with E-state index in [1.54, 1.807) is 16.9 Å². The molecule has 148 valence electrons. The number of carbonyl (C=O) groups is 1. The van der Waals surface area contributed by atoms with E-state index in [4.69, 9.17) is 4.52 Å². The van der Waals surface area contributed by atoms with Crippen molar-refractivity contribution in [1.29, 1.82) is 0 Å². The highest BCUT2D eigenvalue weighted by Crippen LogP contribution is 2.18. The van der Waals surface area contributed by atoms with Gasteiger partial charge in [-0.15, -0.1) is 0 Å². The molecule has 0 saturated carbocycles. The zero-order chi connectivity index (χ0) is 20.4. The van der Waals surface area contributed by atoms with Gasteiger partial charge in [-0.3, -0.25) is 14.2 Å². The molecule has 0 spiro atoms. The highest BCUT2D eigenvalue weighted by molar-refractivity contribution is 5.92. The Kier molecular flexibility index (Phi) is 4.99. The first-order valence-electron chi connectivity index (χ1n) is 9.31. The third kappa shape index (κ3) is 4.26. The molecule has 29 heavy (non-hydrogen) atoms. The second-order valence-corrected chi connectivity index (χ2v) is 7.07. The van der Waals surface area contributed by atoms with Crippen LogP contribution in [0.2, 0.25) is 0 Å². The molecule has 4 rings (SSSR count). The smallest absolute Gasteiger partial charge is 0.290 e. The second kappa shape index (κ2) is 7.75. The van der Waals surface area contributed by atoms with Gasteiger partial charge in [-0.25, -0.2) is 0 Å². The predicted octanol–water partition coefficient (Wildman–Crippen LogP) is 2.87. The molecule has 0 unspecified atom stereocenters. The van der Waals surface area contributed by atoms with Gasteiger partial charge in [0.05, 0.1) is 18.4 Å². The Bertz CT molecular complexity index is 1150. The lowest BCUT2D eigenvalue weighted by Gasteiger charge is -2.08. The molecule has 4 aromatic rings. The monoisotopic (exact) mass is 390 g/mol. The molecule has 3 aromatic heterocycles. The average Bonchev–Trinajstić information content (AvgIpc) is 3.41. The van der Waals surface area contributed by atoms with Gasteiger partial charge < -0.3 is 9.84 Å². The van der Waals surface area contributed by atoms with Gasteiger partial charge in [0.2, 0.25) is 5.76 Å². The lowest BCUT2D eigenvalue weighted by atomic mass is 10.1. The third-order valence-electron chi connectivity index (χ3n) is 4.61.